The lowest BCUT2D eigenvalue weighted by Gasteiger charge is -2.03. The van der Waals surface area contributed by atoms with E-state index in [1.54, 1.807) is 25.1 Å². The number of rotatable bonds is 4. The van der Waals surface area contributed by atoms with Crippen molar-refractivity contribution in [1.29, 1.82) is 0 Å². The summed E-state index contributed by atoms with van der Waals surface area (Å²) >= 11 is 1.75. The third-order valence-electron chi connectivity index (χ3n) is 1.59. The Kier molecular flexibility index (Phi) is 4.47. The molecule has 0 aliphatic heterocycles. The van der Waals surface area contributed by atoms with Gasteiger partial charge in [0, 0.05) is 9.80 Å². The lowest BCUT2D eigenvalue weighted by Crippen LogP contribution is -1.77. The molecule has 0 saturated carbocycles. The fourth-order valence-electron chi connectivity index (χ4n) is 0.951. The van der Waals surface area contributed by atoms with Gasteiger partial charge >= 0.3 is 0 Å². The van der Waals surface area contributed by atoms with Crippen LogP contribution in [0.1, 0.15) is 13.3 Å². The Morgan fingerprint density at radius 2 is 2.08 bits per heavy atom. The molecule has 0 heterocycles. The van der Waals surface area contributed by atoms with Crippen LogP contribution in [0, 0.1) is 0 Å². The maximum absolute atomic E-state index is 4.98. The molecular weight excluding hydrogens is 180 g/mol. The van der Waals surface area contributed by atoms with Gasteiger partial charge in [0.05, 0.1) is 13.4 Å². The number of hydrogen-bond acceptors (Lipinski definition) is 2. The molecule has 13 heavy (non-hydrogen) atoms. The minimum Gasteiger partial charge on any atom is -0.504 e. The van der Waals surface area contributed by atoms with Crippen LogP contribution < -0.4 is 0 Å². The van der Waals surface area contributed by atoms with E-state index in [1.807, 2.05) is 18.2 Å². The van der Waals surface area contributed by atoms with Crippen molar-refractivity contribution in [2.24, 2.45) is 0 Å². The molecule has 1 rings (SSSR count). The molecule has 0 atom stereocenters. The van der Waals surface area contributed by atoms with E-state index in [0.29, 0.717) is 0 Å². The van der Waals surface area contributed by atoms with Crippen LogP contribution >= 0.6 is 11.8 Å². The molecule has 1 aromatic rings. The second-order valence-corrected chi connectivity index (χ2v) is 3.79. The summed E-state index contributed by atoms with van der Waals surface area (Å²) in [6.07, 6.45) is 2.81. The fourth-order valence-corrected chi connectivity index (χ4v) is 1.84. The summed E-state index contributed by atoms with van der Waals surface area (Å²) < 4.78 is 4.98. The number of benzene rings is 1. The van der Waals surface area contributed by atoms with E-state index >= 15 is 0 Å². The van der Waals surface area contributed by atoms with Gasteiger partial charge < -0.3 is 4.74 Å². The van der Waals surface area contributed by atoms with Gasteiger partial charge in [-0.15, -0.1) is 0 Å². The lowest BCUT2D eigenvalue weighted by atomic mass is 10.4. The van der Waals surface area contributed by atoms with Gasteiger partial charge in [-0.2, -0.15) is 0 Å². The Hall–Kier alpha value is -0.890. The first kappa shape index (κ1) is 10.2. The summed E-state index contributed by atoms with van der Waals surface area (Å²) in [5.41, 5.74) is 0. The van der Waals surface area contributed by atoms with Crippen molar-refractivity contribution in [1.82, 2.24) is 0 Å². The molecule has 0 aliphatic rings. The highest BCUT2D eigenvalue weighted by molar-refractivity contribution is 8.03. The Balaban J connectivity index is 2.62. The number of thioether (sulfide) groups is 1. The van der Waals surface area contributed by atoms with Gasteiger partial charge in [-0.25, -0.2) is 0 Å². The zero-order valence-electron chi connectivity index (χ0n) is 7.99. The van der Waals surface area contributed by atoms with Gasteiger partial charge in [0.25, 0.3) is 0 Å². The maximum atomic E-state index is 4.98. The predicted molar refractivity (Wildman–Crippen MR) is 57.7 cm³/mol. The first-order valence-electron chi connectivity index (χ1n) is 4.31. The average molecular weight is 194 g/mol. The predicted octanol–water partition coefficient (Wildman–Crippen LogP) is 3.68. The third kappa shape index (κ3) is 3.55. The van der Waals surface area contributed by atoms with Crippen molar-refractivity contribution < 1.29 is 4.74 Å². The maximum Gasteiger partial charge on any atom is 0.0923 e. The molecule has 0 amide bonds. The largest absolute Gasteiger partial charge is 0.504 e. The number of allylic oxidation sites excluding steroid dienone is 1. The molecule has 0 bridgehead atoms. The van der Waals surface area contributed by atoms with Gasteiger partial charge in [-0.3, -0.25) is 0 Å². The summed E-state index contributed by atoms with van der Waals surface area (Å²) in [5.74, 6) is 0. The van der Waals surface area contributed by atoms with Crippen molar-refractivity contribution in [3.05, 3.63) is 41.5 Å². The molecule has 0 unspecified atom stereocenters. The smallest absolute Gasteiger partial charge is 0.0923 e. The SMILES string of the molecule is CC/C(=C/OC)Sc1ccccc1. The molecule has 1 aromatic carbocycles. The third-order valence-corrected chi connectivity index (χ3v) is 2.74. The normalized spacial score (nSPS) is 11.4. The lowest BCUT2D eigenvalue weighted by molar-refractivity contribution is 0.335. The van der Waals surface area contributed by atoms with Crippen molar-refractivity contribution in [2.45, 2.75) is 18.2 Å². The summed E-state index contributed by atoms with van der Waals surface area (Å²) in [4.78, 5) is 2.50. The topological polar surface area (TPSA) is 9.23 Å². The highest BCUT2D eigenvalue weighted by Crippen LogP contribution is 2.27. The van der Waals surface area contributed by atoms with Crippen LogP contribution in [0.2, 0.25) is 0 Å². The highest BCUT2D eigenvalue weighted by atomic mass is 32.2. The molecule has 0 radical (unpaired) electrons. The van der Waals surface area contributed by atoms with Crippen LogP contribution in [0.3, 0.4) is 0 Å². The van der Waals surface area contributed by atoms with Crippen LogP contribution in [0.5, 0.6) is 0 Å². The molecule has 0 aromatic heterocycles. The Morgan fingerprint density at radius 1 is 1.38 bits per heavy atom. The molecular formula is C11H14OS. The fraction of sp³-hybridized carbons (Fsp3) is 0.273. The summed E-state index contributed by atoms with van der Waals surface area (Å²) in [7, 11) is 1.68. The standard InChI is InChI=1S/C11H14OS/c1-3-10(9-12-2)13-11-7-5-4-6-8-11/h4-9H,3H2,1-2H3/b10-9-. The van der Waals surface area contributed by atoms with E-state index in [2.05, 4.69) is 19.1 Å². The van der Waals surface area contributed by atoms with E-state index in [0.717, 1.165) is 6.42 Å². The minimum absolute atomic E-state index is 1.01. The van der Waals surface area contributed by atoms with Crippen molar-refractivity contribution in [2.75, 3.05) is 7.11 Å². The molecule has 0 N–H and O–H groups in total. The molecule has 1 nitrogen and oxygen atoms in total. The van der Waals surface area contributed by atoms with Crippen molar-refractivity contribution >= 4 is 11.8 Å². The van der Waals surface area contributed by atoms with Crippen LogP contribution in [0.15, 0.2) is 46.4 Å². The van der Waals surface area contributed by atoms with E-state index in [-0.39, 0.29) is 0 Å². The summed E-state index contributed by atoms with van der Waals surface area (Å²) in [6, 6.07) is 10.3. The van der Waals surface area contributed by atoms with Crippen LogP contribution in [-0.2, 0) is 4.74 Å². The second-order valence-electron chi connectivity index (χ2n) is 2.59. The first-order valence-corrected chi connectivity index (χ1v) is 5.13. The zero-order valence-corrected chi connectivity index (χ0v) is 8.80. The highest BCUT2D eigenvalue weighted by Gasteiger charge is 1.97. The molecule has 0 spiro atoms. The molecule has 0 saturated heterocycles. The van der Waals surface area contributed by atoms with Crippen molar-refractivity contribution in [3.8, 4) is 0 Å². The van der Waals surface area contributed by atoms with Gasteiger partial charge in [-0.1, -0.05) is 36.9 Å². The van der Waals surface area contributed by atoms with E-state index in [1.165, 1.54) is 9.80 Å². The average Bonchev–Trinajstić information content (AvgIpc) is 2.19. The Bertz CT molecular complexity index is 267. The molecule has 0 fully saturated rings. The summed E-state index contributed by atoms with van der Waals surface area (Å²) in [6.45, 7) is 2.13. The number of hydrogen-bond donors (Lipinski definition) is 0. The van der Waals surface area contributed by atoms with Crippen molar-refractivity contribution in [3.63, 3.8) is 0 Å². The van der Waals surface area contributed by atoms with E-state index in [9.17, 15) is 0 Å². The number of methoxy groups -OCH3 is 1. The van der Waals surface area contributed by atoms with Gasteiger partial charge in [0.15, 0.2) is 0 Å². The molecule has 70 valence electrons. The molecule has 0 aliphatic carbocycles. The second kappa shape index (κ2) is 5.70. The van der Waals surface area contributed by atoms with Gasteiger partial charge in [0.2, 0.25) is 0 Å². The quantitative estimate of drug-likeness (QED) is 0.534. The van der Waals surface area contributed by atoms with Gasteiger partial charge in [-0.05, 0) is 18.6 Å². The van der Waals surface area contributed by atoms with Crippen LogP contribution in [0.4, 0.5) is 0 Å². The van der Waals surface area contributed by atoms with Crippen LogP contribution in [-0.4, -0.2) is 7.11 Å². The van der Waals surface area contributed by atoms with E-state index < -0.39 is 0 Å². The van der Waals surface area contributed by atoms with Crippen LogP contribution in [0.25, 0.3) is 0 Å². The van der Waals surface area contributed by atoms with E-state index in [4.69, 9.17) is 4.74 Å². The summed E-state index contributed by atoms with van der Waals surface area (Å²) in [5, 5.41) is 0. The monoisotopic (exact) mass is 194 g/mol. The molecule has 2 heteroatoms. The Morgan fingerprint density at radius 3 is 2.62 bits per heavy atom. The van der Waals surface area contributed by atoms with Gasteiger partial charge in [0.1, 0.15) is 0 Å². The Labute approximate surface area is 83.8 Å². The minimum atomic E-state index is 1.01. The zero-order chi connectivity index (χ0) is 9.52. The number of ether oxygens (including phenoxy) is 1. The first-order chi connectivity index (χ1) is 6.36.